The third kappa shape index (κ3) is 11.8. The molecule has 0 saturated carbocycles. The van der Waals surface area contributed by atoms with Gasteiger partial charge in [-0.2, -0.15) is 0 Å². The SMILES string of the molecule is CC(C)CC(NC(=O)C(Cc1cnc[nH]1)NC(=O)C(Cc1ccc(O)cc1)NC(=O)C(N)CCCN=C(N)N)C(=O)O. The number of nitrogens with two attached hydrogens (primary N) is 3. The summed E-state index contributed by atoms with van der Waals surface area (Å²) in [5.74, 6) is -3.27. The molecule has 15 heteroatoms. The summed E-state index contributed by atoms with van der Waals surface area (Å²) in [5, 5.41) is 27.0. The number of nitrogens with zero attached hydrogens (tertiary/aromatic N) is 2. The lowest BCUT2D eigenvalue weighted by Gasteiger charge is -2.25. The van der Waals surface area contributed by atoms with Crippen LogP contribution in [-0.2, 0) is 32.0 Å². The Morgan fingerprint density at radius 1 is 0.952 bits per heavy atom. The lowest BCUT2D eigenvalue weighted by Crippen LogP contribution is -2.58. The Morgan fingerprint density at radius 2 is 1.55 bits per heavy atom. The van der Waals surface area contributed by atoms with E-state index >= 15 is 0 Å². The van der Waals surface area contributed by atoms with E-state index in [9.17, 15) is 29.4 Å². The van der Waals surface area contributed by atoms with Gasteiger partial charge in [0.15, 0.2) is 5.96 Å². The molecule has 0 saturated heterocycles. The van der Waals surface area contributed by atoms with Crippen molar-refractivity contribution in [1.29, 1.82) is 0 Å². The van der Waals surface area contributed by atoms with E-state index < -0.39 is 47.9 Å². The van der Waals surface area contributed by atoms with E-state index in [0.29, 0.717) is 17.7 Å². The number of H-pyrrole nitrogens is 1. The summed E-state index contributed by atoms with van der Waals surface area (Å²) in [6.07, 6.45) is 3.74. The van der Waals surface area contributed by atoms with Crippen molar-refractivity contribution in [3.05, 3.63) is 48.0 Å². The Kier molecular flexibility index (Phi) is 13.2. The maximum Gasteiger partial charge on any atom is 0.326 e. The lowest BCUT2D eigenvalue weighted by molar-refractivity contribution is -0.142. The smallest absolute Gasteiger partial charge is 0.326 e. The van der Waals surface area contributed by atoms with Gasteiger partial charge in [0.25, 0.3) is 0 Å². The quantitative estimate of drug-likeness (QED) is 0.0610. The number of aromatic hydroxyl groups is 1. The standard InChI is InChI=1S/C27H41N9O6/c1-15(2)10-22(26(41)42)36-25(40)21(12-17-13-31-14-33-17)35-24(39)20(11-16-5-7-18(37)8-6-16)34-23(38)19(28)4-3-9-32-27(29)30/h5-8,13-15,19-22,37H,3-4,9-12,28H2,1-2H3,(H,31,33)(H,34,38)(H,35,39)(H,36,40)(H,41,42)(H4,29,30,32). The number of phenolic OH excluding ortho intramolecular Hbond substituents is 1. The second-order valence-corrected chi connectivity index (χ2v) is 10.4. The number of hydrogen-bond donors (Lipinski definition) is 9. The molecule has 4 unspecified atom stereocenters. The molecule has 12 N–H and O–H groups in total. The Hall–Kier alpha value is -4.66. The fourth-order valence-corrected chi connectivity index (χ4v) is 4.07. The molecule has 1 aromatic carbocycles. The van der Waals surface area contributed by atoms with E-state index in [4.69, 9.17) is 17.2 Å². The van der Waals surface area contributed by atoms with Gasteiger partial charge in [0, 0.05) is 31.3 Å². The van der Waals surface area contributed by atoms with Crippen molar-refractivity contribution in [3.63, 3.8) is 0 Å². The van der Waals surface area contributed by atoms with Gasteiger partial charge < -0.3 is 48.3 Å². The third-order valence-corrected chi connectivity index (χ3v) is 6.25. The van der Waals surface area contributed by atoms with Crippen LogP contribution >= 0.6 is 0 Å². The van der Waals surface area contributed by atoms with Crippen molar-refractivity contribution in [2.24, 2.45) is 28.1 Å². The number of nitrogens with one attached hydrogen (secondary N) is 4. The minimum atomic E-state index is -1.20. The van der Waals surface area contributed by atoms with E-state index in [2.05, 4.69) is 30.9 Å². The molecule has 0 fully saturated rings. The molecule has 42 heavy (non-hydrogen) atoms. The summed E-state index contributed by atoms with van der Waals surface area (Å²) in [5.41, 5.74) is 17.8. The first-order valence-electron chi connectivity index (χ1n) is 13.6. The molecule has 2 rings (SSSR count). The van der Waals surface area contributed by atoms with Crippen molar-refractivity contribution >= 4 is 29.7 Å². The Balaban J connectivity index is 2.25. The number of carboxylic acid groups (broad SMARTS) is 1. The van der Waals surface area contributed by atoms with Gasteiger partial charge in [-0.05, 0) is 42.9 Å². The molecule has 3 amide bonds. The number of hydrogen-bond acceptors (Lipinski definition) is 8. The number of aromatic nitrogens is 2. The molecule has 0 radical (unpaired) electrons. The number of carboxylic acids is 1. The molecule has 0 bridgehead atoms. The highest BCUT2D eigenvalue weighted by atomic mass is 16.4. The number of aromatic amines is 1. The summed E-state index contributed by atoms with van der Waals surface area (Å²) in [4.78, 5) is 62.2. The first-order chi connectivity index (χ1) is 19.8. The zero-order chi connectivity index (χ0) is 31.2. The van der Waals surface area contributed by atoms with E-state index in [0.717, 1.165) is 0 Å². The minimum Gasteiger partial charge on any atom is -0.508 e. The van der Waals surface area contributed by atoms with E-state index in [1.807, 2.05) is 13.8 Å². The molecule has 15 nitrogen and oxygen atoms in total. The highest BCUT2D eigenvalue weighted by molar-refractivity contribution is 5.94. The summed E-state index contributed by atoms with van der Waals surface area (Å²) >= 11 is 0. The Labute approximate surface area is 243 Å². The second-order valence-electron chi connectivity index (χ2n) is 10.4. The molecule has 1 aromatic heterocycles. The van der Waals surface area contributed by atoms with Crippen molar-refractivity contribution in [2.45, 2.75) is 70.1 Å². The van der Waals surface area contributed by atoms with Crippen LogP contribution in [0.25, 0.3) is 0 Å². The summed E-state index contributed by atoms with van der Waals surface area (Å²) in [7, 11) is 0. The maximum atomic E-state index is 13.6. The number of aliphatic imine (C=N–C) groups is 1. The van der Waals surface area contributed by atoms with Gasteiger partial charge >= 0.3 is 5.97 Å². The van der Waals surface area contributed by atoms with Crippen molar-refractivity contribution in [2.75, 3.05) is 6.54 Å². The Morgan fingerprint density at radius 3 is 2.10 bits per heavy atom. The average Bonchev–Trinajstić information content (AvgIpc) is 3.43. The van der Waals surface area contributed by atoms with Crippen LogP contribution in [0.5, 0.6) is 5.75 Å². The van der Waals surface area contributed by atoms with Gasteiger partial charge in [0.2, 0.25) is 17.7 Å². The van der Waals surface area contributed by atoms with Crippen LogP contribution in [0.15, 0.2) is 41.8 Å². The molecule has 230 valence electrons. The number of rotatable bonds is 17. The molecule has 0 aliphatic heterocycles. The molecule has 0 spiro atoms. The summed E-state index contributed by atoms with van der Waals surface area (Å²) in [6, 6.07) is 1.58. The van der Waals surface area contributed by atoms with Crippen LogP contribution in [0, 0.1) is 5.92 Å². The number of phenols is 1. The molecular formula is C27H41N9O6. The van der Waals surface area contributed by atoms with E-state index in [1.54, 1.807) is 12.1 Å². The molecule has 4 atom stereocenters. The van der Waals surface area contributed by atoms with Crippen LogP contribution in [0.2, 0.25) is 0 Å². The molecule has 1 heterocycles. The summed E-state index contributed by atoms with van der Waals surface area (Å²) < 4.78 is 0. The second kappa shape index (κ2) is 16.6. The number of carbonyl (C=O) groups excluding carboxylic acids is 3. The van der Waals surface area contributed by atoms with Gasteiger partial charge in [-0.15, -0.1) is 0 Å². The lowest BCUT2D eigenvalue weighted by atomic mass is 10.0. The largest absolute Gasteiger partial charge is 0.508 e. The predicted molar refractivity (Wildman–Crippen MR) is 155 cm³/mol. The topological polar surface area (TPSA) is 264 Å². The normalized spacial score (nSPS) is 13.8. The number of aliphatic carboxylic acids is 1. The molecular weight excluding hydrogens is 546 g/mol. The zero-order valence-electron chi connectivity index (χ0n) is 23.7. The first-order valence-corrected chi connectivity index (χ1v) is 13.6. The number of benzene rings is 1. The monoisotopic (exact) mass is 587 g/mol. The van der Waals surface area contributed by atoms with Crippen LogP contribution in [0.1, 0.15) is 44.4 Å². The van der Waals surface area contributed by atoms with Crippen molar-refractivity contribution < 1.29 is 29.4 Å². The van der Waals surface area contributed by atoms with Gasteiger partial charge in [-0.3, -0.25) is 19.4 Å². The van der Waals surface area contributed by atoms with Crippen LogP contribution < -0.4 is 33.2 Å². The number of carbonyl (C=O) groups is 4. The van der Waals surface area contributed by atoms with Gasteiger partial charge in [-0.1, -0.05) is 26.0 Å². The van der Waals surface area contributed by atoms with Crippen molar-refractivity contribution in [1.82, 2.24) is 25.9 Å². The maximum absolute atomic E-state index is 13.6. The average molecular weight is 588 g/mol. The molecule has 0 aliphatic rings. The van der Waals surface area contributed by atoms with Crippen LogP contribution in [-0.4, -0.2) is 80.5 Å². The van der Waals surface area contributed by atoms with Crippen LogP contribution in [0.4, 0.5) is 0 Å². The number of guanidine groups is 1. The number of imidazole rings is 1. The van der Waals surface area contributed by atoms with Crippen molar-refractivity contribution in [3.8, 4) is 5.75 Å². The van der Waals surface area contributed by atoms with Gasteiger partial charge in [0.05, 0.1) is 12.4 Å². The van der Waals surface area contributed by atoms with E-state index in [-0.39, 0.29) is 49.9 Å². The highest BCUT2D eigenvalue weighted by Gasteiger charge is 2.31. The van der Waals surface area contributed by atoms with Gasteiger partial charge in [-0.25, -0.2) is 9.78 Å². The predicted octanol–water partition coefficient (Wildman–Crippen LogP) is -1.13. The zero-order valence-corrected chi connectivity index (χ0v) is 23.7. The minimum absolute atomic E-state index is 0.0133. The molecule has 0 aliphatic carbocycles. The van der Waals surface area contributed by atoms with Gasteiger partial charge in [0.1, 0.15) is 23.9 Å². The first kappa shape index (κ1) is 33.5. The summed E-state index contributed by atoms with van der Waals surface area (Å²) in [6.45, 7) is 3.93. The molecule has 2 aromatic rings. The Bertz CT molecular complexity index is 1200. The van der Waals surface area contributed by atoms with Crippen LogP contribution in [0.3, 0.4) is 0 Å². The number of amides is 3. The third-order valence-electron chi connectivity index (χ3n) is 6.25. The fraction of sp³-hybridized carbons (Fsp3) is 0.481. The highest BCUT2D eigenvalue weighted by Crippen LogP contribution is 2.13. The fourth-order valence-electron chi connectivity index (χ4n) is 4.07. The van der Waals surface area contributed by atoms with E-state index in [1.165, 1.54) is 24.7 Å².